The smallest absolute Gasteiger partial charge is 0.243 e. The van der Waals surface area contributed by atoms with Crippen LogP contribution in [0.3, 0.4) is 0 Å². The fourth-order valence-electron chi connectivity index (χ4n) is 1.65. The second kappa shape index (κ2) is 6.05. The molecule has 5 nitrogen and oxygen atoms in total. The minimum atomic E-state index is -0.431. The summed E-state index contributed by atoms with van der Waals surface area (Å²) in [6.07, 6.45) is 2.28. The topological polar surface area (TPSA) is 61.6 Å². The van der Waals surface area contributed by atoms with Gasteiger partial charge in [-0.15, -0.1) is 0 Å². The zero-order valence-electron chi connectivity index (χ0n) is 11.0. The Labute approximate surface area is 106 Å². The zero-order chi connectivity index (χ0) is 13.7. The summed E-state index contributed by atoms with van der Waals surface area (Å²) in [5, 5.41) is 10.6. The predicted molar refractivity (Wildman–Crippen MR) is 69.6 cm³/mol. The molecule has 0 saturated carbocycles. The van der Waals surface area contributed by atoms with Crippen LogP contribution in [-0.2, 0) is 6.42 Å². The van der Waals surface area contributed by atoms with Gasteiger partial charge in [-0.25, -0.2) is 0 Å². The fourth-order valence-corrected chi connectivity index (χ4v) is 1.65. The standard InChI is InChI=1S/C13H17NO4/c1-5-10-7-13(18-4)11(8-12(10)17-3)6-9(2)14(15)16/h6-8H,5H2,1-4H3. The highest BCUT2D eigenvalue weighted by Crippen LogP contribution is 2.30. The van der Waals surface area contributed by atoms with Crippen LogP contribution in [0.5, 0.6) is 11.5 Å². The van der Waals surface area contributed by atoms with E-state index < -0.39 is 4.92 Å². The Morgan fingerprint density at radius 3 is 2.39 bits per heavy atom. The molecule has 0 heterocycles. The van der Waals surface area contributed by atoms with Crippen molar-refractivity contribution in [3.63, 3.8) is 0 Å². The predicted octanol–water partition coefficient (Wildman–Crippen LogP) is 2.90. The van der Waals surface area contributed by atoms with E-state index in [1.54, 1.807) is 20.3 Å². The van der Waals surface area contributed by atoms with Crippen molar-refractivity contribution in [3.05, 3.63) is 39.1 Å². The number of ether oxygens (including phenoxy) is 2. The Morgan fingerprint density at radius 2 is 1.94 bits per heavy atom. The van der Waals surface area contributed by atoms with Gasteiger partial charge in [0, 0.05) is 18.6 Å². The van der Waals surface area contributed by atoms with Crippen molar-refractivity contribution >= 4 is 6.08 Å². The normalized spacial score (nSPS) is 11.2. The maximum atomic E-state index is 10.6. The van der Waals surface area contributed by atoms with E-state index in [0.717, 1.165) is 12.0 Å². The lowest BCUT2D eigenvalue weighted by Gasteiger charge is -2.11. The van der Waals surface area contributed by atoms with Crippen LogP contribution in [0, 0.1) is 10.1 Å². The molecule has 1 aromatic rings. The molecule has 1 aromatic carbocycles. The van der Waals surface area contributed by atoms with Crippen LogP contribution >= 0.6 is 0 Å². The summed E-state index contributed by atoms with van der Waals surface area (Å²) < 4.78 is 10.5. The van der Waals surface area contributed by atoms with Gasteiger partial charge in [0.05, 0.1) is 19.1 Å². The number of methoxy groups -OCH3 is 2. The summed E-state index contributed by atoms with van der Waals surface area (Å²) in [7, 11) is 3.12. The first-order valence-corrected chi connectivity index (χ1v) is 5.61. The van der Waals surface area contributed by atoms with E-state index in [9.17, 15) is 10.1 Å². The molecule has 0 fully saturated rings. The molecule has 0 unspecified atom stereocenters. The Morgan fingerprint density at radius 1 is 1.33 bits per heavy atom. The molecule has 1 rings (SSSR count). The molecule has 0 atom stereocenters. The van der Waals surface area contributed by atoms with E-state index in [1.807, 2.05) is 13.0 Å². The first kappa shape index (κ1) is 14.0. The van der Waals surface area contributed by atoms with E-state index >= 15 is 0 Å². The lowest BCUT2D eigenvalue weighted by atomic mass is 10.1. The number of allylic oxidation sites excluding steroid dienone is 1. The van der Waals surface area contributed by atoms with Crippen LogP contribution in [0.2, 0.25) is 0 Å². The maximum absolute atomic E-state index is 10.6. The van der Waals surface area contributed by atoms with E-state index in [4.69, 9.17) is 9.47 Å². The first-order chi connectivity index (χ1) is 8.53. The highest BCUT2D eigenvalue weighted by molar-refractivity contribution is 5.62. The molecule has 0 spiro atoms. The third kappa shape index (κ3) is 3.00. The van der Waals surface area contributed by atoms with Crippen molar-refractivity contribution in [2.75, 3.05) is 14.2 Å². The van der Waals surface area contributed by atoms with Gasteiger partial charge in [-0.3, -0.25) is 10.1 Å². The molecule has 0 aromatic heterocycles. The zero-order valence-corrected chi connectivity index (χ0v) is 11.0. The minimum absolute atomic E-state index is 0.0552. The van der Waals surface area contributed by atoms with Crippen LogP contribution in [0.4, 0.5) is 0 Å². The van der Waals surface area contributed by atoms with Crippen LogP contribution in [0.15, 0.2) is 17.8 Å². The molecule has 0 bridgehead atoms. The first-order valence-electron chi connectivity index (χ1n) is 5.61. The molecule has 0 amide bonds. The minimum Gasteiger partial charge on any atom is -0.496 e. The van der Waals surface area contributed by atoms with Crippen molar-refractivity contribution in [3.8, 4) is 11.5 Å². The van der Waals surface area contributed by atoms with Gasteiger partial charge in [0.1, 0.15) is 11.5 Å². The lowest BCUT2D eigenvalue weighted by Crippen LogP contribution is -1.97. The molecular formula is C13H17NO4. The Bertz CT molecular complexity index is 480. The van der Waals surface area contributed by atoms with Gasteiger partial charge in [0.25, 0.3) is 0 Å². The quantitative estimate of drug-likeness (QED) is 0.596. The van der Waals surface area contributed by atoms with Crippen molar-refractivity contribution < 1.29 is 14.4 Å². The second-order valence-corrected chi connectivity index (χ2v) is 3.80. The van der Waals surface area contributed by atoms with Gasteiger partial charge < -0.3 is 9.47 Å². The Balaban J connectivity index is 3.34. The monoisotopic (exact) mass is 251 g/mol. The molecule has 0 N–H and O–H groups in total. The largest absolute Gasteiger partial charge is 0.496 e. The van der Waals surface area contributed by atoms with Crippen LogP contribution in [0.1, 0.15) is 25.0 Å². The summed E-state index contributed by atoms with van der Waals surface area (Å²) in [4.78, 5) is 10.2. The number of aryl methyl sites for hydroxylation is 1. The summed E-state index contributed by atoms with van der Waals surface area (Å²) >= 11 is 0. The molecular weight excluding hydrogens is 234 g/mol. The average Bonchev–Trinajstić information content (AvgIpc) is 2.37. The molecule has 0 saturated heterocycles. The molecule has 0 aliphatic rings. The lowest BCUT2D eigenvalue weighted by molar-refractivity contribution is -0.422. The molecule has 0 radical (unpaired) electrons. The second-order valence-electron chi connectivity index (χ2n) is 3.80. The SMILES string of the molecule is CCc1cc(OC)c(C=C(C)[N+](=O)[O-])cc1OC. The van der Waals surface area contributed by atoms with Crippen molar-refractivity contribution in [1.82, 2.24) is 0 Å². The summed E-state index contributed by atoms with van der Waals surface area (Å²) in [5.74, 6) is 1.31. The molecule has 5 heteroatoms. The number of hydrogen-bond acceptors (Lipinski definition) is 4. The maximum Gasteiger partial charge on any atom is 0.243 e. The molecule has 0 aliphatic carbocycles. The van der Waals surface area contributed by atoms with E-state index in [-0.39, 0.29) is 5.70 Å². The van der Waals surface area contributed by atoms with E-state index in [2.05, 4.69) is 0 Å². The summed E-state index contributed by atoms with van der Waals surface area (Å²) in [6, 6.07) is 3.60. The highest BCUT2D eigenvalue weighted by Gasteiger charge is 2.11. The van der Waals surface area contributed by atoms with Gasteiger partial charge in [-0.1, -0.05) is 6.92 Å². The third-order valence-electron chi connectivity index (χ3n) is 2.67. The molecule has 18 heavy (non-hydrogen) atoms. The van der Waals surface area contributed by atoms with Crippen molar-refractivity contribution in [2.24, 2.45) is 0 Å². The van der Waals surface area contributed by atoms with E-state index in [1.165, 1.54) is 13.0 Å². The molecule has 98 valence electrons. The summed E-state index contributed by atoms with van der Waals surface area (Å²) in [5.41, 5.74) is 1.70. The van der Waals surface area contributed by atoms with Gasteiger partial charge >= 0.3 is 0 Å². The van der Waals surface area contributed by atoms with Crippen LogP contribution < -0.4 is 9.47 Å². The van der Waals surface area contributed by atoms with Gasteiger partial charge in [-0.05, 0) is 24.1 Å². The third-order valence-corrected chi connectivity index (χ3v) is 2.67. The highest BCUT2D eigenvalue weighted by atomic mass is 16.6. The van der Waals surface area contributed by atoms with Gasteiger partial charge in [0.2, 0.25) is 5.70 Å². The van der Waals surface area contributed by atoms with Gasteiger partial charge in [-0.2, -0.15) is 0 Å². The molecule has 0 aliphatic heterocycles. The van der Waals surface area contributed by atoms with Crippen molar-refractivity contribution in [2.45, 2.75) is 20.3 Å². The number of benzene rings is 1. The Hall–Kier alpha value is -2.04. The average molecular weight is 251 g/mol. The number of nitro groups is 1. The van der Waals surface area contributed by atoms with Crippen LogP contribution in [-0.4, -0.2) is 19.1 Å². The van der Waals surface area contributed by atoms with Gasteiger partial charge in [0.15, 0.2) is 0 Å². The Kier molecular flexibility index (Phi) is 4.71. The summed E-state index contributed by atoms with van der Waals surface area (Å²) in [6.45, 7) is 3.45. The van der Waals surface area contributed by atoms with Crippen LogP contribution in [0.25, 0.3) is 6.08 Å². The van der Waals surface area contributed by atoms with Crippen molar-refractivity contribution in [1.29, 1.82) is 0 Å². The number of nitrogens with zero attached hydrogens (tertiary/aromatic N) is 1. The fraction of sp³-hybridized carbons (Fsp3) is 0.385. The van der Waals surface area contributed by atoms with E-state index in [0.29, 0.717) is 17.1 Å². The number of rotatable bonds is 5. The number of hydrogen-bond donors (Lipinski definition) is 0.